The average Bonchev–Trinajstić information content (AvgIpc) is 3.39. The second kappa shape index (κ2) is 7.40. The summed E-state index contributed by atoms with van der Waals surface area (Å²) >= 11 is 1.45. The molecule has 28 heavy (non-hydrogen) atoms. The molecule has 8 heteroatoms. The molecule has 0 aliphatic heterocycles. The highest BCUT2D eigenvalue weighted by atomic mass is 32.1. The van der Waals surface area contributed by atoms with Crippen molar-refractivity contribution in [3.63, 3.8) is 0 Å². The number of fused-ring (bicyclic) bond motifs is 1. The molecule has 3 heterocycles. The number of aryl methyl sites for hydroxylation is 2. The van der Waals surface area contributed by atoms with E-state index >= 15 is 0 Å². The van der Waals surface area contributed by atoms with Crippen LogP contribution in [0.2, 0.25) is 0 Å². The predicted molar refractivity (Wildman–Crippen MR) is 109 cm³/mol. The highest BCUT2D eigenvalue weighted by Crippen LogP contribution is 2.27. The standard InChI is InChI=1S/C20H19N5O2S/c1-4-16-8-9-17(27-16)12(2)10-18(26)21-15-7-5-6-14(11-15)19-24-25-13(3)22-23-20(25)28-19/h5-11H,4H2,1-3H3,(H,21,26). The third-order valence-corrected chi connectivity index (χ3v) is 5.22. The number of anilines is 1. The molecular weight excluding hydrogens is 374 g/mol. The molecule has 0 saturated heterocycles. The van der Waals surface area contributed by atoms with Crippen LogP contribution in [0.5, 0.6) is 0 Å². The van der Waals surface area contributed by atoms with Gasteiger partial charge in [0.25, 0.3) is 0 Å². The van der Waals surface area contributed by atoms with Crippen LogP contribution < -0.4 is 5.32 Å². The Morgan fingerprint density at radius 1 is 1.29 bits per heavy atom. The first-order chi connectivity index (χ1) is 13.5. The van der Waals surface area contributed by atoms with Gasteiger partial charge in [0.15, 0.2) is 5.82 Å². The SMILES string of the molecule is CCc1ccc(C(C)=CC(=O)Nc2cccc(-c3nn4c(C)nnc4s3)c2)o1. The Kier molecular flexibility index (Phi) is 4.79. The van der Waals surface area contributed by atoms with Gasteiger partial charge in [-0.1, -0.05) is 30.4 Å². The van der Waals surface area contributed by atoms with E-state index < -0.39 is 0 Å². The topological polar surface area (TPSA) is 85.3 Å². The Morgan fingerprint density at radius 2 is 2.14 bits per heavy atom. The largest absolute Gasteiger partial charge is 0.461 e. The maximum Gasteiger partial charge on any atom is 0.248 e. The van der Waals surface area contributed by atoms with Gasteiger partial charge in [0, 0.05) is 23.7 Å². The summed E-state index contributed by atoms with van der Waals surface area (Å²) in [4.78, 5) is 13.1. The second-order valence-electron chi connectivity index (χ2n) is 6.37. The molecule has 0 fully saturated rings. The summed E-state index contributed by atoms with van der Waals surface area (Å²) in [6, 6.07) is 11.4. The molecule has 1 aromatic carbocycles. The third-order valence-electron chi connectivity index (χ3n) is 4.27. The van der Waals surface area contributed by atoms with Crippen molar-refractivity contribution in [1.29, 1.82) is 0 Å². The summed E-state index contributed by atoms with van der Waals surface area (Å²) in [5.74, 6) is 2.14. The average molecular weight is 393 g/mol. The molecule has 4 rings (SSSR count). The summed E-state index contributed by atoms with van der Waals surface area (Å²) in [5.41, 5.74) is 2.38. The Balaban J connectivity index is 1.52. The van der Waals surface area contributed by atoms with Crippen LogP contribution in [0, 0.1) is 6.92 Å². The number of nitrogens with one attached hydrogen (secondary N) is 1. The molecule has 4 aromatic rings. The van der Waals surface area contributed by atoms with Crippen LogP contribution in [-0.4, -0.2) is 25.7 Å². The van der Waals surface area contributed by atoms with Gasteiger partial charge >= 0.3 is 0 Å². The lowest BCUT2D eigenvalue weighted by molar-refractivity contribution is -0.111. The van der Waals surface area contributed by atoms with Gasteiger partial charge in [-0.2, -0.15) is 9.61 Å². The highest BCUT2D eigenvalue weighted by molar-refractivity contribution is 7.19. The van der Waals surface area contributed by atoms with Crippen LogP contribution in [0.3, 0.4) is 0 Å². The quantitative estimate of drug-likeness (QED) is 0.509. The Bertz CT molecular complexity index is 1180. The first kappa shape index (κ1) is 18.1. The Labute approximate surface area is 165 Å². The first-order valence-corrected chi connectivity index (χ1v) is 9.73. The molecule has 0 bridgehead atoms. The van der Waals surface area contributed by atoms with Crippen molar-refractivity contribution >= 4 is 33.5 Å². The maximum atomic E-state index is 12.4. The smallest absolute Gasteiger partial charge is 0.248 e. The van der Waals surface area contributed by atoms with Gasteiger partial charge in [0.1, 0.15) is 16.5 Å². The van der Waals surface area contributed by atoms with Gasteiger partial charge in [0.05, 0.1) is 0 Å². The number of hydrogen-bond acceptors (Lipinski definition) is 6. The van der Waals surface area contributed by atoms with E-state index in [-0.39, 0.29) is 5.91 Å². The summed E-state index contributed by atoms with van der Waals surface area (Å²) in [6.45, 7) is 5.74. The van der Waals surface area contributed by atoms with Crippen LogP contribution in [0.4, 0.5) is 5.69 Å². The lowest BCUT2D eigenvalue weighted by atomic mass is 10.2. The van der Waals surface area contributed by atoms with E-state index in [2.05, 4.69) is 20.6 Å². The van der Waals surface area contributed by atoms with Crippen molar-refractivity contribution in [2.45, 2.75) is 27.2 Å². The lowest BCUT2D eigenvalue weighted by Gasteiger charge is -2.05. The van der Waals surface area contributed by atoms with Crippen molar-refractivity contribution in [1.82, 2.24) is 19.8 Å². The van der Waals surface area contributed by atoms with E-state index in [0.717, 1.165) is 39.1 Å². The molecule has 0 atom stereocenters. The van der Waals surface area contributed by atoms with E-state index in [9.17, 15) is 4.79 Å². The molecule has 1 N–H and O–H groups in total. The van der Waals surface area contributed by atoms with Gasteiger partial charge in [-0.15, -0.1) is 10.2 Å². The van der Waals surface area contributed by atoms with Crippen LogP contribution in [0.15, 0.2) is 46.9 Å². The number of rotatable bonds is 5. The second-order valence-corrected chi connectivity index (χ2v) is 7.32. The maximum absolute atomic E-state index is 12.4. The van der Waals surface area contributed by atoms with Gasteiger partial charge in [0.2, 0.25) is 10.9 Å². The van der Waals surface area contributed by atoms with E-state index in [0.29, 0.717) is 11.4 Å². The van der Waals surface area contributed by atoms with Crippen molar-refractivity contribution in [3.05, 3.63) is 59.8 Å². The number of furan rings is 1. The molecule has 0 unspecified atom stereocenters. The number of nitrogens with zero attached hydrogens (tertiary/aromatic N) is 4. The molecule has 142 valence electrons. The summed E-state index contributed by atoms with van der Waals surface area (Å²) < 4.78 is 7.40. The van der Waals surface area contributed by atoms with E-state index in [1.54, 1.807) is 4.52 Å². The molecule has 3 aromatic heterocycles. The van der Waals surface area contributed by atoms with Crippen LogP contribution >= 0.6 is 11.3 Å². The van der Waals surface area contributed by atoms with Gasteiger partial charge in [-0.05, 0) is 43.7 Å². The number of benzene rings is 1. The zero-order valence-electron chi connectivity index (χ0n) is 15.8. The number of carbonyl (C=O) groups excluding carboxylic acids is 1. The predicted octanol–water partition coefficient (Wildman–Crippen LogP) is 4.36. The summed E-state index contributed by atoms with van der Waals surface area (Å²) in [5, 5.41) is 16.3. The molecule has 0 aliphatic rings. The number of allylic oxidation sites excluding steroid dienone is 1. The number of aromatic nitrogens is 4. The first-order valence-electron chi connectivity index (χ1n) is 8.91. The van der Waals surface area contributed by atoms with Crippen molar-refractivity contribution < 1.29 is 9.21 Å². The zero-order valence-corrected chi connectivity index (χ0v) is 16.6. The van der Waals surface area contributed by atoms with Crippen molar-refractivity contribution in [3.8, 4) is 10.6 Å². The molecule has 0 radical (unpaired) electrons. The minimum atomic E-state index is -0.210. The fourth-order valence-electron chi connectivity index (χ4n) is 2.79. The van der Waals surface area contributed by atoms with Crippen LogP contribution in [-0.2, 0) is 11.2 Å². The number of hydrogen-bond donors (Lipinski definition) is 1. The minimum absolute atomic E-state index is 0.210. The van der Waals surface area contributed by atoms with E-state index in [4.69, 9.17) is 4.42 Å². The Hall–Kier alpha value is -3.26. The fraction of sp³-hybridized carbons (Fsp3) is 0.200. The van der Waals surface area contributed by atoms with E-state index in [1.165, 1.54) is 17.4 Å². The van der Waals surface area contributed by atoms with Gasteiger partial charge in [-0.25, -0.2) is 0 Å². The number of carbonyl (C=O) groups is 1. The molecule has 0 saturated carbocycles. The highest BCUT2D eigenvalue weighted by Gasteiger charge is 2.11. The summed E-state index contributed by atoms with van der Waals surface area (Å²) in [7, 11) is 0. The normalized spacial score (nSPS) is 11.9. The van der Waals surface area contributed by atoms with Crippen LogP contribution in [0.1, 0.15) is 31.2 Å². The van der Waals surface area contributed by atoms with Crippen LogP contribution in [0.25, 0.3) is 21.1 Å². The third kappa shape index (κ3) is 3.59. The monoisotopic (exact) mass is 393 g/mol. The molecule has 1 amide bonds. The Morgan fingerprint density at radius 3 is 2.89 bits per heavy atom. The number of amides is 1. The molecular formula is C20H19N5O2S. The van der Waals surface area contributed by atoms with Crippen molar-refractivity contribution in [2.24, 2.45) is 0 Å². The van der Waals surface area contributed by atoms with Crippen molar-refractivity contribution in [2.75, 3.05) is 5.32 Å². The van der Waals surface area contributed by atoms with Gasteiger partial charge in [-0.3, -0.25) is 4.79 Å². The minimum Gasteiger partial charge on any atom is -0.461 e. The van der Waals surface area contributed by atoms with E-state index in [1.807, 2.05) is 57.2 Å². The summed E-state index contributed by atoms with van der Waals surface area (Å²) in [6.07, 6.45) is 2.36. The molecule has 0 spiro atoms. The lowest BCUT2D eigenvalue weighted by Crippen LogP contribution is -2.08. The molecule has 7 nitrogen and oxygen atoms in total. The fourth-order valence-corrected chi connectivity index (χ4v) is 3.67. The molecule has 0 aliphatic carbocycles. The van der Waals surface area contributed by atoms with Gasteiger partial charge < -0.3 is 9.73 Å². The zero-order chi connectivity index (χ0) is 19.7.